The first-order valence-electron chi connectivity index (χ1n) is 6.30. The Balaban J connectivity index is 2.92. The number of nitrogens with one attached hydrogen (secondary N) is 1. The Morgan fingerprint density at radius 2 is 1.89 bits per heavy atom. The summed E-state index contributed by atoms with van der Waals surface area (Å²) in [6.45, 7) is 6.83. The fraction of sp³-hybridized carbons (Fsp3) is 0.533. The van der Waals surface area contributed by atoms with E-state index in [1.165, 1.54) is 0 Å². The van der Waals surface area contributed by atoms with Crippen LogP contribution in [0.2, 0.25) is 0 Å². The number of hydrogen-bond acceptors (Lipinski definition) is 4. The van der Waals surface area contributed by atoms with Crippen LogP contribution in [0.25, 0.3) is 0 Å². The van der Waals surface area contributed by atoms with Gasteiger partial charge in [-0.3, -0.25) is 0 Å². The van der Waals surface area contributed by atoms with Gasteiger partial charge >= 0.3 is 0 Å². The zero-order valence-electron chi connectivity index (χ0n) is 12.3. The monoisotopic (exact) mass is 262 g/mol. The zero-order valence-corrected chi connectivity index (χ0v) is 12.3. The lowest BCUT2D eigenvalue weighted by Crippen LogP contribution is -2.37. The van der Waals surface area contributed by atoms with Crippen molar-refractivity contribution in [3.05, 3.63) is 23.8 Å². The second-order valence-electron chi connectivity index (χ2n) is 5.19. The van der Waals surface area contributed by atoms with E-state index in [2.05, 4.69) is 25.2 Å². The smallest absolute Gasteiger partial charge is 0.161 e. The molecular weight excluding hydrogens is 240 g/mol. The van der Waals surface area contributed by atoms with Crippen LogP contribution in [0.1, 0.15) is 26.3 Å². The van der Waals surface area contributed by atoms with Gasteiger partial charge in [0.2, 0.25) is 0 Å². The lowest BCUT2D eigenvalue weighted by Gasteiger charge is -2.27. The van der Waals surface area contributed by atoms with Crippen LogP contribution in [0, 0.1) is 11.3 Å². The first-order valence-corrected chi connectivity index (χ1v) is 6.30. The molecule has 0 saturated heterocycles. The van der Waals surface area contributed by atoms with Crippen LogP contribution >= 0.6 is 0 Å². The summed E-state index contributed by atoms with van der Waals surface area (Å²) >= 11 is 0. The van der Waals surface area contributed by atoms with Crippen molar-refractivity contribution in [3.8, 4) is 17.6 Å². The standard InChI is InChI=1S/C15H22N2O2/c1-11(9-16)17-10-15(2,3)12-6-7-13(18-4)14(8-12)19-5/h6-8,11,17H,10H2,1-5H3. The summed E-state index contributed by atoms with van der Waals surface area (Å²) in [5.74, 6) is 1.45. The van der Waals surface area contributed by atoms with Gasteiger partial charge in [0.1, 0.15) is 0 Å². The number of rotatable bonds is 6. The minimum atomic E-state index is -0.153. The average molecular weight is 262 g/mol. The summed E-state index contributed by atoms with van der Waals surface area (Å²) in [6.07, 6.45) is 0. The van der Waals surface area contributed by atoms with Crippen LogP contribution < -0.4 is 14.8 Å². The van der Waals surface area contributed by atoms with Crippen molar-refractivity contribution in [2.75, 3.05) is 20.8 Å². The molecule has 0 heterocycles. The van der Waals surface area contributed by atoms with E-state index < -0.39 is 0 Å². The fourth-order valence-electron chi connectivity index (χ4n) is 1.81. The van der Waals surface area contributed by atoms with E-state index in [-0.39, 0.29) is 11.5 Å². The predicted molar refractivity (Wildman–Crippen MR) is 75.6 cm³/mol. The zero-order chi connectivity index (χ0) is 14.5. The Kier molecular flexibility index (Phi) is 5.20. The van der Waals surface area contributed by atoms with Crippen molar-refractivity contribution in [1.29, 1.82) is 5.26 Å². The van der Waals surface area contributed by atoms with Crippen LogP contribution in [0.4, 0.5) is 0 Å². The Bertz CT molecular complexity index is 464. The summed E-state index contributed by atoms with van der Waals surface area (Å²) in [6, 6.07) is 7.94. The number of hydrogen-bond donors (Lipinski definition) is 1. The van der Waals surface area contributed by atoms with Crippen molar-refractivity contribution in [2.24, 2.45) is 0 Å². The van der Waals surface area contributed by atoms with Gasteiger partial charge in [0.25, 0.3) is 0 Å². The molecule has 1 rings (SSSR count). The van der Waals surface area contributed by atoms with E-state index in [1.807, 2.05) is 25.1 Å². The highest BCUT2D eigenvalue weighted by Crippen LogP contribution is 2.32. The maximum atomic E-state index is 8.80. The van der Waals surface area contributed by atoms with Gasteiger partial charge in [-0.15, -0.1) is 0 Å². The third kappa shape index (κ3) is 3.87. The molecule has 0 aliphatic heterocycles. The van der Waals surface area contributed by atoms with Crippen LogP contribution in [0.15, 0.2) is 18.2 Å². The summed E-state index contributed by atoms with van der Waals surface area (Å²) in [5.41, 5.74) is 1.05. The third-order valence-electron chi connectivity index (χ3n) is 3.21. The first-order chi connectivity index (χ1) is 8.94. The van der Waals surface area contributed by atoms with Crippen LogP contribution in [0.5, 0.6) is 11.5 Å². The molecule has 1 aromatic rings. The number of methoxy groups -OCH3 is 2. The Labute approximate surface area is 115 Å². The summed E-state index contributed by atoms with van der Waals surface area (Å²) in [7, 11) is 3.25. The van der Waals surface area contributed by atoms with Crippen molar-refractivity contribution < 1.29 is 9.47 Å². The summed E-state index contributed by atoms with van der Waals surface area (Å²) in [5, 5.41) is 12.0. The molecule has 0 aromatic heterocycles. The van der Waals surface area contributed by atoms with Gasteiger partial charge in [0.15, 0.2) is 11.5 Å². The molecule has 1 unspecified atom stereocenters. The molecule has 0 saturated carbocycles. The Morgan fingerprint density at radius 3 is 2.42 bits per heavy atom. The maximum absolute atomic E-state index is 8.80. The molecule has 0 radical (unpaired) electrons. The molecule has 0 spiro atoms. The molecule has 1 aromatic carbocycles. The van der Waals surface area contributed by atoms with E-state index in [4.69, 9.17) is 14.7 Å². The highest BCUT2D eigenvalue weighted by Gasteiger charge is 2.22. The highest BCUT2D eigenvalue weighted by atomic mass is 16.5. The highest BCUT2D eigenvalue weighted by molar-refractivity contribution is 5.45. The third-order valence-corrected chi connectivity index (χ3v) is 3.21. The van der Waals surface area contributed by atoms with Gasteiger partial charge < -0.3 is 14.8 Å². The van der Waals surface area contributed by atoms with Gasteiger partial charge in [0.05, 0.1) is 26.3 Å². The second kappa shape index (κ2) is 6.44. The minimum Gasteiger partial charge on any atom is -0.493 e. The van der Waals surface area contributed by atoms with Gasteiger partial charge in [-0.1, -0.05) is 19.9 Å². The van der Waals surface area contributed by atoms with E-state index in [9.17, 15) is 0 Å². The van der Waals surface area contributed by atoms with Crippen LogP contribution in [-0.2, 0) is 5.41 Å². The lowest BCUT2D eigenvalue weighted by atomic mass is 9.84. The second-order valence-corrected chi connectivity index (χ2v) is 5.19. The van der Waals surface area contributed by atoms with E-state index in [1.54, 1.807) is 14.2 Å². The average Bonchev–Trinajstić information content (AvgIpc) is 2.43. The number of benzene rings is 1. The van der Waals surface area contributed by atoms with Crippen molar-refractivity contribution >= 4 is 0 Å². The van der Waals surface area contributed by atoms with E-state index in [0.717, 1.165) is 23.6 Å². The topological polar surface area (TPSA) is 54.3 Å². The molecule has 0 fully saturated rings. The SMILES string of the molecule is COc1ccc(C(C)(C)CNC(C)C#N)cc1OC. The van der Waals surface area contributed by atoms with Gasteiger partial charge in [-0.05, 0) is 24.6 Å². The maximum Gasteiger partial charge on any atom is 0.161 e. The molecule has 1 atom stereocenters. The molecule has 19 heavy (non-hydrogen) atoms. The largest absolute Gasteiger partial charge is 0.493 e. The van der Waals surface area contributed by atoms with Crippen LogP contribution in [0.3, 0.4) is 0 Å². The van der Waals surface area contributed by atoms with Gasteiger partial charge in [0, 0.05) is 12.0 Å². The Morgan fingerprint density at radius 1 is 1.26 bits per heavy atom. The number of nitrogens with zero attached hydrogens (tertiary/aromatic N) is 1. The van der Waals surface area contributed by atoms with Crippen LogP contribution in [-0.4, -0.2) is 26.8 Å². The number of nitriles is 1. The van der Waals surface area contributed by atoms with E-state index >= 15 is 0 Å². The predicted octanol–water partition coefficient (Wildman–Crippen LogP) is 2.48. The summed E-state index contributed by atoms with van der Waals surface area (Å²) in [4.78, 5) is 0. The lowest BCUT2D eigenvalue weighted by molar-refractivity contribution is 0.352. The quantitative estimate of drug-likeness (QED) is 0.855. The molecule has 0 aliphatic carbocycles. The molecule has 0 bridgehead atoms. The molecule has 1 N–H and O–H groups in total. The van der Waals surface area contributed by atoms with Crippen molar-refractivity contribution in [2.45, 2.75) is 32.2 Å². The van der Waals surface area contributed by atoms with Gasteiger partial charge in [-0.2, -0.15) is 5.26 Å². The molecule has 4 heteroatoms. The van der Waals surface area contributed by atoms with Crippen molar-refractivity contribution in [1.82, 2.24) is 5.32 Å². The molecule has 4 nitrogen and oxygen atoms in total. The number of ether oxygens (including phenoxy) is 2. The summed E-state index contributed by atoms with van der Waals surface area (Å²) < 4.78 is 10.6. The minimum absolute atomic E-state index is 0.0926. The molecule has 0 aliphatic rings. The van der Waals surface area contributed by atoms with Crippen molar-refractivity contribution in [3.63, 3.8) is 0 Å². The normalized spacial score (nSPS) is 12.6. The Hall–Kier alpha value is -1.73. The fourth-order valence-corrected chi connectivity index (χ4v) is 1.81. The van der Waals surface area contributed by atoms with Gasteiger partial charge in [-0.25, -0.2) is 0 Å². The molecule has 0 amide bonds. The first kappa shape index (κ1) is 15.3. The van der Waals surface area contributed by atoms with E-state index in [0.29, 0.717) is 0 Å². The molecular formula is C15H22N2O2. The molecule has 104 valence electrons.